The van der Waals surface area contributed by atoms with Crippen molar-refractivity contribution in [1.82, 2.24) is 9.78 Å². The molecule has 1 aromatic carbocycles. The van der Waals surface area contributed by atoms with Gasteiger partial charge in [-0.2, -0.15) is 0 Å². The number of aromatic nitrogens is 2. The minimum atomic E-state index is -0.524. The van der Waals surface area contributed by atoms with Crippen molar-refractivity contribution in [3.8, 4) is 17.3 Å². The topological polar surface area (TPSA) is 73.3 Å². The molecule has 0 aliphatic heterocycles. The maximum atomic E-state index is 12.2. The van der Waals surface area contributed by atoms with Crippen molar-refractivity contribution in [2.75, 3.05) is 13.7 Å². The SMILES string of the molecule is CCOc1[nH]n(-c2cc(Cl)ccc2OC)c(=O)c1C=O. The van der Waals surface area contributed by atoms with E-state index in [-0.39, 0.29) is 11.4 Å². The van der Waals surface area contributed by atoms with Gasteiger partial charge in [-0.25, -0.2) is 4.68 Å². The Morgan fingerprint density at radius 3 is 2.80 bits per heavy atom. The first kappa shape index (κ1) is 14.2. The van der Waals surface area contributed by atoms with E-state index in [1.165, 1.54) is 11.8 Å². The zero-order chi connectivity index (χ0) is 14.7. The Bertz CT molecular complexity index is 690. The summed E-state index contributed by atoms with van der Waals surface area (Å²) in [7, 11) is 1.48. The third-order valence-electron chi connectivity index (χ3n) is 2.68. The smallest absolute Gasteiger partial charge is 0.285 e. The minimum Gasteiger partial charge on any atom is -0.494 e. The zero-order valence-corrected chi connectivity index (χ0v) is 11.7. The highest BCUT2D eigenvalue weighted by atomic mass is 35.5. The molecule has 0 aliphatic rings. The highest BCUT2D eigenvalue weighted by molar-refractivity contribution is 6.30. The molecule has 0 fully saturated rings. The van der Waals surface area contributed by atoms with E-state index in [9.17, 15) is 9.59 Å². The summed E-state index contributed by atoms with van der Waals surface area (Å²) in [6.07, 6.45) is 0.456. The van der Waals surface area contributed by atoms with Crippen LogP contribution < -0.4 is 15.0 Å². The molecule has 0 saturated heterocycles. The van der Waals surface area contributed by atoms with E-state index in [1.807, 2.05) is 0 Å². The largest absolute Gasteiger partial charge is 0.494 e. The molecule has 0 bridgehead atoms. The van der Waals surface area contributed by atoms with Crippen LogP contribution in [0.3, 0.4) is 0 Å². The summed E-state index contributed by atoms with van der Waals surface area (Å²) in [5.74, 6) is 0.563. The quantitative estimate of drug-likeness (QED) is 0.857. The molecule has 0 spiro atoms. The molecule has 0 aliphatic carbocycles. The number of aromatic amines is 1. The first-order chi connectivity index (χ1) is 9.62. The molecule has 0 atom stereocenters. The van der Waals surface area contributed by atoms with E-state index >= 15 is 0 Å². The van der Waals surface area contributed by atoms with Gasteiger partial charge in [-0.3, -0.25) is 14.7 Å². The lowest BCUT2D eigenvalue weighted by molar-refractivity contribution is 0.111. The van der Waals surface area contributed by atoms with Gasteiger partial charge in [-0.1, -0.05) is 11.6 Å². The van der Waals surface area contributed by atoms with Crippen molar-refractivity contribution in [1.29, 1.82) is 0 Å². The Kier molecular flexibility index (Phi) is 4.14. The van der Waals surface area contributed by atoms with Gasteiger partial charge in [0.05, 0.1) is 13.7 Å². The first-order valence-electron chi connectivity index (χ1n) is 5.89. The Morgan fingerprint density at radius 2 is 2.20 bits per heavy atom. The van der Waals surface area contributed by atoms with Gasteiger partial charge in [0.25, 0.3) is 5.56 Å². The van der Waals surface area contributed by atoms with Gasteiger partial charge in [0.15, 0.2) is 6.29 Å². The summed E-state index contributed by atoms with van der Waals surface area (Å²) in [5, 5.41) is 3.17. The number of H-pyrrole nitrogens is 1. The van der Waals surface area contributed by atoms with Crippen LogP contribution in [0.15, 0.2) is 23.0 Å². The number of nitrogens with zero attached hydrogens (tertiary/aromatic N) is 1. The molecule has 2 rings (SSSR count). The van der Waals surface area contributed by atoms with Gasteiger partial charge in [-0.05, 0) is 25.1 Å². The molecule has 1 N–H and O–H groups in total. The second-order valence-corrected chi connectivity index (χ2v) is 4.30. The van der Waals surface area contributed by atoms with Crippen molar-refractivity contribution in [3.63, 3.8) is 0 Å². The molecule has 20 heavy (non-hydrogen) atoms. The van der Waals surface area contributed by atoms with Crippen molar-refractivity contribution >= 4 is 17.9 Å². The summed E-state index contributed by atoms with van der Waals surface area (Å²) in [6, 6.07) is 4.83. The third kappa shape index (κ3) is 2.42. The van der Waals surface area contributed by atoms with Gasteiger partial charge in [0, 0.05) is 5.02 Å². The van der Waals surface area contributed by atoms with E-state index in [0.717, 1.165) is 0 Å². The van der Waals surface area contributed by atoms with Crippen LogP contribution in [0.2, 0.25) is 5.02 Å². The second-order valence-electron chi connectivity index (χ2n) is 3.86. The van der Waals surface area contributed by atoms with Gasteiger partial charge >= 0.3 is 0 Å². The van der Waals surface area contributed by atoms with Crippen LogP contribution in [-0.2, 0) is 0 Å². The molecule has 0 saturated carbocycles. The fourth-order valence-corrected chi connectivity index (χ4v) is 1.96. The minimum absolute atomic E-state index is 0.0751. The summed E-state index contributed by atoms with van der Waals surface area (Å²) in [5.41, 5.74) is -0.197. The lowest BCUT2D eigenvalue weighted by Crippen LogP contribution is -2.17. The van der Waals surface area contributed by atoms with Crippen molar-refractivity contribution in [2.24, 2.45) is 0 Å². The number of carbonyl (C=O) groups is 1. The second kappa shape index (κ2) is 5.83. The van der Waals surface area contributed by atoms with Crippen LogP contribution in [0.5, 0.6) is 11.6 Å². The maximum Gasteiger partial charge on any atom is 0.285 e. The van der Waals surface area contributed by atoms with Crippen molar-refractivity contribution in [2.45, 2.75) is 6.92 Å². The predicted molar refractivity (Wildman–Crippen MR) is 74.5 cm³/mol. The number of hydrogen-bond donors (Lipinski definition) is 1. The van der Waals surface area contributed by atoms with Crippen LogP contribution in [0, 0.1) is 0 Å². The van der Waals surface area contributed by atoms with E-state index in [1.54, 1.807) is 25.1 Å². The Hall–Kier alpha value is -2.21. The number of halogens is 1. The standard InChI is InChI=1S/C13H13ClN2O4/c1-3-20-12-9(7-17)13(18)16(15-12)10-6-8(14)4-5-11(10)19-2/h4-7,15H,3H2,1-2H3. The Balaban J connectivity index is 2.67. The Morgan fingerprint density at radius 1 is 1.45 bits per heavy atom. The number of rotatable bonds is 5. The van der Waals surface area contributed by atoms with Crippen molar-refractivity contribution in [3.05, 3.63) is 39.1 Å². The highest BCUT2D eigenvalue weighted by Crippen LogP contribution is 2.26. The molecular formula is C13H13ClN2O4. The summed E-state index contributed by atoms with van der Waals surface area (Å²) >= 11 is 5.93. The number of carbonyl (C=O) groups excluding carboxylic acids is 1. The van der Waals surface area contributed by atoms with Crippen LogP contribution in [-0.4, -0.2) is 29.8 Å². The number of nitrogens with one attached hydrogen (secondary N) is 1. The molecule has 1 heterocycles. The van der Waals surface area contributed by atoms with Crippen LogP contribution >= 0.6 is 11.6 Å². The van der Waals surface area contributed by atoms with Gasteiger partial charge < -0.3 is 9.47 Å². The summed E-state index contributed by atoms with van der Waals surface area (Å²) in [4.78, 5) is 23.2. The molecule has 0 radical (unpaired) electrons. The van der Waals surface area contributed by atoms with Crippen LogP contribution in [0.1, 0.15) is 17.3 Å². The summed E-state index contributed by atoms with van der Waals surface area (Å²) in [6.45, 7) is 2.08. The zero-order valence-electron chi connectivity index (χ0n) is 11.0. The van der Waals surface area contributed by atoms with Crippen LogP contribution in [0.4, 0.5) is 0 Å². The third-order valence-corrected chi connectivity index (χ3v) is 2.91. The predicted octanol–water partition coefficient (Wildman–Crippen LogP) is 2.04. The van der Waals surface area contributed by atoms with Crippen molar-refractivity contribution < 1.29 is 14.3 Å². The fourth-order valence-electron chi connectivity index (χ4n) is 1.80. The fraction of sp³-hybridized carbons (Fsp3) is 0.231. The number of methoxy groups -OCH3 is 1. The van der Waals surface area contributed by atoms with Gasteiger partial charge in [0.2, 0.25) is 5.88 Å². The molecule has 6 nitrogen and oxygen atoms in total. The molecular weight excluding hydrogens is 284 g/mol. The number of ether oxygens (including phenoxy) is 2. The average Bonchev–Trinajstić information content (AvgIpc) is 2.75. The van der Waals surface area contributed by atoms with E-state index in [4.69, 9.17) is 21.1 Å². The number of hydrogen-bond acceptors (Lipinski definition) is 4. The maximum absolute atomic E-state index is 12.2. The Labute approximate surface area is 119 Å². The number of benzene rings is 1. The molecule has 7 heteroatoms. The average molecular weight is 297 g/mol. The molecule has 0 unspecified atom stereocenters. The number of aldehydes is 1. The first-order valence-corrected chi connectivity index (χ1v) is 6.27. The van der Waals surface area contributed by atoms with E-state index in [2.05, 4.69) is 5.10 Å². The normalized spacial score (nSPS) is 10.3. The summed E-state index contributed by atoms with van der Waals surface area (Å²) < 4.78 is 11.6. The van der Waals surface area contributed by atoms with Crippen LogP contribution in [0.25, 0.3) is 5.69 Å². The van der Waals surface area contributed by atoms with E-state index in [0.29, 0.717) is 29.4 Å². The highest BCUT2D eigenvalue weighted by Gasteiger charge is 2.18. The van der Waals surface area contributed by atoms with E-state index < -0.39 is 5.56 Å². The molecule has 0 amide bonds. The van der Waals surface area contributed by atoms with Gasteiger partial charge in [0.1, 0.15) is 17.0 Å². The monoisotopic (exact) mass is 296 g/mol. The lowest BCUT2D eigenvalue weighted by Gasteiger charge is -2.08. The lowest BCUT2D eigenvalue weighted by atomic mass is 10.3. The molecule has 1 aromatic heterocycles. The van der Waals surface area contributed by atoms with Gasteiger partial charge in [-0.15, -0.1) is 0 Å². The molecule has 106 valence electrons. The molecule has 2 aromatic rings.